The van der Waals surface area contributed by atoms with Crippen molar-refractivity contribution >= 4 is 27.3 Å². The summed E-state index contributed by atoms with van der Waals surface area (Å²) in [5, 5.41) is 13.8. The third kappa shape index (κ3) is 5.56. The fourth-order valence-electron chi connectivity index (χ4n) is 3.31. The van der Waals surface area contributed by atoms with Crippen LogP contribution in [0.1, 0.15) is 29.7 Å². The number of carbonyl (C=O) groups is 1. The van der Waals surface area contributed by atoms with Crippen molar-refractivity contribution in [2.24, 2.45) is 0 Å². The number of anilines is 1. The van der Waals surface area contributed by atoms with Crippen molar-refractivity contribution in [3.05, 3.63) is 99.6 Å². The van der Waals surface area contributed by atoms with Gasteiger partial charge >= 0.3 is 0 Å². The molecule has 0 heterocycles. The first-order valence-electron chi connectivity index (χ1n) is 10.3. The molecule has 3 aromatic rings. The van der Waals surface area contributed by atoms with Gasteiger partial charge in [-0.1, -0.05) is 36.4 Å². The van der Waals surface area contributed by atoms with Crippen molar-refractivity contribution < 1.29 is 18.1 Å². The van der Waals surface area contributed by atoms with Crippen LogP contribution in [-0.2, 0) is 14.8 Å². The molecule has 0 saturated heterocycles. The van der Waals surface area contributed by atoms with E-state index < -0.39 is 27.4 Å². The van der Waals surface area contributed by atoms with Gasteiger partial charge in [0, 0.05) is 12.1 Å². The fourth-order valence-corrected chi connectivity index (χ4v) is 4.75. The second-order valence-corrected chi connectivity index (χ2v) is 9.59. The summed E-state index contributed by atoms with van der Waals surface area (Å²) in [6.45, 7) is 5.32. The highest BCUT2D eigenvalue weighted by Gasteiger charge is 2.28. The molecule has 0 aliphatic carbocycles. The van der Waals surface area contributed by atoms with Crippen LogP contribution < -0.4 is 9.62 Å². The predicted molar refractivity (Wildman–Crippen MR) is 127 cm³/mol. The number of nitro benzene ring substituents is 1. The van der Waals surface area contributed by atoms with Gasteiger partial charge in [-0.25, -0.2) is 8.42 Å². The number of aryl methyl sites for hydroxylation is 2. The Labute approximate surface area is 193 Å². The second-order valence-electron chi connectivity index (χ2n) is 7.73. The van der Waals surface area contributed by atoms with Gasteiger partial charge in [-0.3, -0.25) is 19.2 Å². The highest BCUT2D eigenvalue weighted by Crippen LogP contribution is 2.26. The lowest BCUT2D eigenvalue weighted by atomic mass is 10.0. The summed E-state index contributed by atoms with van der Waals surface area (Å²) in [7, 11) is -4.09. The van der Waals surface area contributed by atoms with Crippen LogP contribution in [0.4, 0.5) is 11.4 Å². The summed E-state index contributed by atoms with van der Waals surface area (Å²) >= 11 is 0. The van der Waals surface area contributed by atoms with E-state index in [4.69, 9.17) is 0 Å². The maximum Gasteiger partial charge on any atom is 0.269 e. The van der Waals surface area contributed by atoms with Crippen LogP contribution in [0.2, 0.25) is 0 Å². The number of nitrogens with zero attached hydrogens (tertiary/aromatic N) is 2. The molecule has 0 aliphatic rings. The predicted octanol–water partition coefficient (Wildman–Crippen LogP) is 4.28. The molecule has 1 N–H and O–H groups in total. The lowest BCUT2D eigenvalue weighted by molar-refractivity contribution is -0.384. The summed E-state index contributed by atoms with van der Waals surface area (Å²) in [5.41, 5.74) is 3.10. The molecule has 0 saturated carbocycles. The molecule has 1 atom stereocenters. The summed E-state index contributed by atoms with van der Waals surface area (Å²) in [5.74, 6) is -0.501. The number of sulfonamides is 1. The third-order valence-corrected chi connectivity index (χ3v) is 7.16. The molecule has 0 bridgehead atoms. The van der Waals surface area contributed by atoms with Crippen molar-refractivity contribution in [2.45, 2.75) is 31.7 Å². The maximum absolute atomic E-state index is 13.3. The fraction of sp³-hybridized carbons (Fsp3) is 0.208. The van der Waals surface area contributed by atoms with Crippen molar-refractivity contribution in [1.82, 2.24) is 5.32 Å². The molecule has 8 nitrogen and oxygen atoms in total. The van der Waals surface area contributed by atoms with Crippen LogP contribution in [0.5, 0.6) is 0 Å². The Bertz CT molecular complexity index is 1260. The molecule has 0 spiro atoms. The summed E-state index contributed by atoms with van der Waals surface area (Å²) in [4.78, 5) is 23.3. The summed E-state index contributed by atoms with van der Waals surface area (Å²) in [6, 6.07) is 18.3. The van der Waals surface area contributed by atoms with Crippen molar-refractivity contribution in [3.8, 4) is 0 Å². The molecule has 172 valence electrons. The van der Waals surface area contributed by atoms with E-state index in [1.807, 2.05) is 39.0 Å². The monoisotopic (exact) mass is 467 g/mol. The van der Waals surface area contributed by atoms with Crippen LogP contribution >= 0.6 is 0 Å². The molecule has 0 aromatic heterocycles. The SMILES string of the molecule is Cc1ccc(C(C)NC(=O)CN(c2ccc([N+](=O)[O-])cc2)S(=O)(=O)c2ccccc2)cc1C. The zero-order valence-corrected chi connectivity index (χ0v) is 19.4. The Kier molecular flexibility index (Phi) is 7.13. The van der Waals surface area contributed by atoms with Gasteiger partial charge in [0.2, 0.25) is 5.91 Å². The highest BCUT2D eigenvalue weighted by molar-refractivity contribution is 7.92. The van der Waals surface area contributed by atoms with E-state index in [0.29, 0.717) is 0 Å². The lowest BCUT2D eigenvalue weighted by Crippen LogP contribution is -2.41. The van der Waals surface area contributed by atoms with Crippen molar-refractivity contribution in [2.75, 3.05) is 10.8 Å². The molecule has 3 rings (SSSR count). The van der Waals surface area contributed by atoms with Crippen LogP contribution in [0.25, 0.3) is 0 Å². The van der Waals surface area contributed by atoms with E-state index in [9.17, 15) is 23.3 Å². The number of hydrogen-bond donors (Lipinski definition) is 1. The minimum Gasteiger partial charge on any atom is -0.348 e. The van der Waals surface area contributed by atoms with Crippen LogP contribution in [0, 0.1) is 24.0 Å². The average molecular weight is 468 g/mol. The number of carbonyl (C=O) groups excluding carboxylic acids is 1. The molecular formula is C24H25N3O5S. The minimum atomic E-state index is -4.09. The summed E-state index contributed by atoms with van der Waals surface area (Å²) in [6.07, 6.45) is 0. The molecule has 1 unspecified atom stereocenters. The number of non-ortho nitro benzene ring substituents is 1. The van der Waals surface area contributed by atoms with Crippen LogP contribution in [-0.4, -0.2) is 25.8 Å². The standard InChI is InChI=1S/C24H25N3O5S/c1-17-9-10-20(15-18(17)2)19(3)25-24(28)16-26(21-11-13-22(14-12-21)27(29)30)33(31,32)23-7-5-4-6-8-23/h4-15,19H,16H2,1-3H3,(H,25,28). The zero-order chi connectivity index (χ0) is 24.2. The first kappa shape index (κ1) is 23.9. The van der Waals surface area contributed by atoms with E-state index in [1.165, 1.54) is 36.4 Å². The third-order valence-electron chi connectivity index (χ3n) is 5.38. The molecule has 0 radical (unpaired) electrons. The number of nitrogens with one attached hydrogen (secondary N) is 1. The van der Waals surface area contributed by atoms with Crippen LogP contribution in [0.15, 0.2) is 77.7 Å². The Morgan fingerprint density at radius 1 is 1.00 bits per heavy atom. The van der Waals surface area contributed by atoms with Gasteiger partial charge in [0.15, 0.2) is 0 Å². The number of nitro groups is 1. The second kappa shape index (κ2) is 9.83. The molecule has 0 aliphatic heterocycles. The topological polar surface area (TPSA) is 110 Å². The number of rotatable bonds is 8. The van der Waals surface area contributed by atoms with Gasteiger partial charge < -0.3 is 5.32 Å². The van der Waals surface area contributed by atoms with Gasteiger partial charge in [-0.15, -0.1) is 0 Å². The molecule has 9 heteroatoms. The zero-order valence-electron chi connectivity index (χ0n) is 18.6. The quantitative estimate of drug-likeness (QED) is 0.393. The Morgan fingerprint density at radius 3 is 2.21 bits per heavy atom. The Morgan fingerprint density at radius 2 is 1.64 bits per heavy atom. The van der Waals surface area contributed by atoms with Gasteiger partial charge in [-0.05, 0) is 61.7 Å². The first-order chi connectivity index (χ1) is 15.6. The van der Waals surface area contributed by atoms with E-state index in [-0.39, 0.29) is 22.3 Å². The molecule has 1 amide bonds. The van der Waals surface area contributed by atoms with Gasteiger partial charge in [0.25, 0.3) is 15.7 Å². The summed E-state index contributed by atoms with van der Waals surface area (Å²) < 4.78 is 27.6. The highest BCUT2D eigenvalue weighted by atomic mass is 32.2. The van der Waals surface area contributed by atoms with Crippen molar-refractivity contribution in [1.29, 1.82) is 0 Å². The van der Waals surface area contributed by atoms with E-state index in [2.05, 4.69) is 5.32 Å². The number of hydrogen-bond acceptors (Lipinski definition) is 5. The van der Waals surface area contributed by atoms with Gasteiger partial charge in [0.05, 0.1) is 21.5 Å². The number of benzene rings is 3. The van der Waals surface area contributed by atoms with E-state index >= 15 is 0 Å². The maximum atomic E-state index is 13.3. The largest absolute Gasteiger partial charge is 0.348 e. The molecule has 3 aromatic carbocycles. The van der Waals surface area contributed by atoms with Gasteiger partial charge in [-0.2, -0.15) is 0 Å². The normalized spacial score (nSPS) is 12.1. The van der Waals surface area contributed by atoms with Gasteiger partial charge in [0.1, 0.15) is 6.54 Å². The van der Waals surface area contributed by atoms with Crippen molar-refractivity contribution in [3.63, 3.8) is 0 Å². The molecular weight excluding hydrogens is 442 g/mol. The smallest absolute Gasteiger partial charge is 0.269 e. The Balaban J connectivity index is 1.89. The lowest BCUT2D eigenvalue weighted by Gasteiger charge is -2.25. The van der Waals surface area contributed by atoms with Crippen LogP contribution in [0.3, 0.4) is 0 Å². The minimum absolute atomic E-state index is 0.0124. The Hall–Kier alpha value is -3.72. The first-order valence-corrected chi connectivity index (χ1v) is 11.7. The molecule has 0 fully saturated rings. The average Bonchev–Trinajstić information content (AvgIpc) is 2.79. The van der Waals surface area contributed by atoms with E-state index in [1.54, 1.807) is 18.2 Å². The number of amides is 1. The molecule has 33 heavy (non-hydrogen) atoms. The van der Waals surface area contributed by atoms with E-state index in [0.717, 1.165) is 21.0 Å².